The molecule has 0 radical (unpaired) electrons. The van der Waals surface area contributed by atoms with Crippen LogP contribution >= 0.6 is 0 Å². The number of rotatable bonds is 6. The van der Waals surface area contributed by atoms with E-state index in [9.17, 15) is 10.1 Å². The average molecular weight is 237 g/mol. The molecule has 0 aliphatic carbocycles. The molecular formula is C12H19N3O2. The summed E-state index contributed by atoms with van der Waals surface area (Å²) in [7, 11) is 0. The van der Waals surface area contributed by atoms with Gasteiger partial charge in [-0.2, -0.15) is 0 Å². The van der Waals surface area contributed by atoms with Gasteiger partial charge >= 0.3 is 0 Å². The summed E-state index contributed by atoms with van der Waals surface area (Å²) in [5.41, 5.74) is 6.62. The summed E-state index contributed by atoms with van der Waals surface area (Å²) in [5.74, 6) is 0. The first-order chi connectivity index (χ1) is 8.06. The number of anilines is 1. The van der Waals surface area contributed by atoms with E-state index in [-0.39, 0.29) is 11.2 Å². The Labute approximate surface area is 101 Å². The quantitative estimate of drug-likeness (QED) is 0.588. The Morgan fingerprint density at radius 2 is 1.82 bits per heavy atom. The first kappa shape index (κ1) is 13.4. The molecule has 0 amide bonds. The van der Waals surface area contributed by atoms with E-state index in [0.29, 0.717) is 6.54 Å². The predicted octanol–water partition coefficient (Wildman–Crippen LogP) is 2.52. The molecule has 0 saturated heterocycles. The van der Waals surface area contributed by atoms with E-state index in [2.05, 4.69) is 19.2 Å². The number of hydrogen-bond donors (Lipinski definition) is 2. The maximum Gasteiger partial charge on any atom is 0.269 e. The molecule has 0 spiro atoms. The van der Waals surface area contributed by atoms with Gasteiger partial charge in [0.25, 0.3) is 5.69 Å². The van der Waals surface area contributed by atoms with Crippen LogP contribution in [-0.4, -0.2) is 17.0 Å². The highest BCUT2D eigenvalue weighted by molar-refractivity contribution is 5.50. The number of nitrogens with zero attached hydrogens (tertiary/aromatic N) is 1. The minimum Gasteiger partial charge on any atom is -0.378 e. The Balaban J connectivity index is 2.84. The van der Waals surface area contributed by atoms with Crippen molar-refractivity contribution in [1.29, 1.82) is 0 Å². The van der Waals surface area contributed by atoms with Gasteiger partial charge in [0.15, 0.2) is 0 Å². The van der Waals surface area contributed by atoms with Gasteiger partial charge in [0, 0.05) is 29.9 Å². The van der Waals surface area contributed by atoms with Gasteiger partial charge in [-0.05, 0) is 25.0 Å². The highest BCUT2D eigenvalue weighted by Gasteiger charge is 2.23. The summed E-state index contributed by atoms with van der Waals surface area (Å²) >= 11 is 0. The van der Waals surface area contributed by atoms with Gasteiger partial charge in [-0.1, -0.05) is 13.8 Å². The van der Waals surface area contributed by atoms with Gasteiger partial charge in [-0.15, -0.1) is 0 Å². The minimum absolute atomic E-state index is 0.0990. The zero-order valence-electron chi connectivity index (χ0n) is 10.3. The largest absolute Gasteiger partial charge is 0.378 e. The molecule has 0 atom stereocenters. The van der Waals surface area contributed by atoms with Crippen molar-refractivity contribution in [3.63, 3.8) is 0 Å². The molecule has 0 bridgehead atoms. The lowest BCUT2D eigenvalue weighted by molar-refractivity contribution is -0.384. The summed E-state index contributed by atoms with van der Waals surface area (Å²) in [6, 6.07) is 6.42. The van der Waals surface area contributed by atoms with Crippen LogP contribution in [0.2, 0.25) is 0 Å². The fourth-order valence-electron chi connectivity index (χ4n) is 1.74. The van der Waals surface area contributed by atoms with Crippen molar-refractivity contribution in [1.82, 2.24) is 0 Å². The van der Waals surface area contributed by atoms with Crippen LogP contribution in [0, 0.1) is 10.1 Å². The molecule has 0 aliphatic heterocycles. The van der Waals surface area contributed by atoms with Crippen molar-refractivity contribution < 1.29 is 4.92 Å². The molecule has 0 fully saturated rings. The van der Waals surface area contributed by atoms with Gasteiger partial charge in [0.05, 0.1) is 4.92 Å². The number of non-ortho nitro benzene ring substituents is 1. The Morgan fingerprint density at radius 3 is 2.18 bits per heavy atom. The number of nitro benzene ring substituents is 1. The van der Waals surface area contributed by atoms with E-state index in [1.54, 1.807) is 12.1 Å². The molecule has 3 N–H and O–H groups in total. The van der Waals surface area contributed by atoms with Crippen molar-refractivity contribution in [3.8, 4) is 0 Å². The van der Waals surface area contributed by atoms with Crippen molar-refractivity contribution >= 4 is 11.4 Å². The van der Waals surface area contributed by atoms with Crippen LogP contribution in [0.25, 0.3) is 0 Å². The van der Waals surface area contributed by atoms with Gasteiger partial charge in [-0.25, -0.2) is 0 Å². The third-order valence-corrected chi connectivity index (χ3v) is 3.23. The first-order valence-electron chi connectivity index (χ1n) is 5.79. The highest BCUT2D eigenvalue weighted by Crippen LogP contribution is 2.23. The van der Waals surface area contributed by atoms with Gasteiger partial charge in [-0.3, -0.25) is 10.1 Å². The smallest absolute Gasteiger partial charge is 0.269 e. The second-order valence-corrected chi connectivity index (χ2v) is 4.12. The molecule has 0 heterocycles. The van der Waals surface area contributed by atoms with E-state index >= 15 is 0 Å². The zero-order valence-corrected chi connectivity index (χ0v) is 10.3. The third-order valence-electron chi connectivity index (χ3n) is 3.23. The molecule has 1 aromatic carbocycles. The maximum absolute atomic E-state index is 10.5. The topological polar surface area (TPSA) is 81.2 Å². The molecule has 17 heavy (non-hydrogen) atoms. The molecule has 1 rings (SSSR count). The lowest BCUT2D eigenvalue weighted by Gasteiger charge is -2.32. The van der Waals surface area contributed by atoms with Gasteiger partial charge < -0.3 is 11.1 Å². The molecule has 94 valence electrons. The van der Waals surface area contributed by atoms with Gasteiger partial charge in [0.2, 0.25) is 0 Å². The highest BCUT2D eigenvalue weighted by atomic mass is 16.6. The van der Waals surface area contributed by atoms with Crippen LogP contribution in [-0.2, 0) is 0 Å². The van der Waals surface area contributed by atoms with Crippen LogP contribution in [0.15, 0.2) is 24.3 Å². The number of nitrogens with one attached hydrogen (secondary N) is 1. The third kappa shape index (κ3) is 3.17. The molecule has 5 heteroatoms. The van der Waals surface area contributed by atoms with Crippen molar-refractivity contribution in [2.45, 2.75) is 32.2 Å². The summed E-state index contributed by atoms with van der Waals surface area (Å²) < 4.78 is 0. The van der Waals surface area contributed by atoms with Crippen LogP contribution in [0.3, 0.4) is 0 Å². The summed E-state index contributed by atoms with van der Waals surface area (Å²) in [4.78, 5) is 10.1. The summed E-state index contributed by atoms with van der Waals surface area (Å²) in [6.45, 7) is 4.69. The minimum atomic E-state index is -0.403. The first-order valence-corrected chi connectivity index (χ1v) is 5.79. The molecule has 0 unspecified atom stereocenters. The van der Waals surface area contributed by atoms with E-state index in [1.165, 1.54) is 12.1 Å². The molecule has 0 aliphatic rings. The van der Waals surface area contributed by atoms with Crippen LogP contribution in [0.1, 0.15) is 26.7 Å². The number of hydrogen-bond acceptors (Lipinski definition) is 4. The second-order valence-electron chi connectivity index (χ2n) is 4.12. The standard InChI is InChI=1S/C12H19N3O2/c1-3-12(4-2,9-13)14-10-5-7-11(8-6-10)15(16)17/h5-8,14H,3-4,9,13H2,1-2H3. The normalized spacial score (nSPS) is 11.2. The fourth-order valence-corrected chi connectivity index (χ4v) is 1.74. The van der Waals surface area contributed by atoms with Crippen molar-refractivity contribution in [3.05, 3.63) is 34.4 Å². The predicted molar refractivity (Wildman–Crippen MR) is 69.1 cm³/mol. The molecule has 0 aromatic heterocycles. The lowest BCUT2D eigenvalue weighted by atomic mass is 9.92. The average Bonchev–Trinajstić information content (AvgIpc) is 2.37. The van der Waals surface area contributed by atoms with Crippen LogP contribution < -0.4 is 11.1 Å². The van der Waals surface area contributed by atoms with Crippen LogP contribution in [0.4, 0.5) is 11.4 Å². The van der Waals surface area contributed by atoms with Gasteiger partial charge in [0.1, 0.15) is 0 Å². The van der Waals surface area contributed by atoms with Crippen LogP contribution in [0.5, 0.6) is 0 Å². The Hall–Kier alpha value is -1.62. The number of nitro groups is 1. The monoisotopic (exact) mass is 237 g/mol. The zero-order chi connectivity index (χ0) is 12.9. The number of nitrogens with two attached hydrogens (primary N) is 1. The second kappa shape index (κ2) is 5.63. The lowest BCUT2D eigenvalue weighted by Crippen LogP contribution is -2.44. The molecule has 0 saturated carbocycles. The van der Waals surface area contributed by atoms with Crippen molar-refractivity contribution in [2.24, 2.45) is 5.73 Å². The van der Waals surface area contributed by atoms with E-state index in [0.717, 1.165) is 18.5 Å². The molecule has 5 nitrogen and oxygen atoms in total. The van der Waals surface area contributed by atoms with E-state index in [4.69, 9.17) is 5.73 Å². The Morgan fingerprint density at radius 1 is 1.29 bits per heavy atom. The summed E-state index contributed by atoms with van der Waals surface area (Å²) in [6.07, 6.45) is 1.83. The SMILES string of the molecule is CCC(CC)(CN)Nc1ccc([N+](=O)[O-])cc1. The molecule has 1 aromatic rings. The Kier molecular flexibility index (Phi) is 4.45. The van der Waals surface area contributed by atoms with E-state index < -0.39 is 4.92 Å². The fraction of sp³-hybridized carbons (Fsp3) is 0.500. The summed E-state index contributed by atoms with van der Waals surface area (Å²) in [5, 5.41) is 13.9. The number of benzene rings is 1. The van der Waals surface area contributed by atoms with Crippen molar-refractivity contribution in [2.75, 3.05) is 11.9 Å². The molecular weight excluding hydrogens is 218 g/mol. The maximum atomic E-state index is 10.5. The Bertz CT molecular complexity index is 364. The van der Waals surface area contributed by atoms with E-state index in [1.807, 2.05) is 0 Å².